The Hall–Kier alpha value is -2.41. The number of hydrazone groups is 1. The summed E-state index contributed by atoms with van der Waals surface area (Å²) in [6.07, 6.45) is -0.0350. The smallest absolute Gasteiger partial charge is 0.427 e. The normalized spacial score (nSPS) is 19.4. The van der Waals surface area contributed by atoms with Crippen molar-refractivity contribution in [3.05, 3.63) is 35.9 Å². The van der Waals surface area contributed by atoms with Gasteiger partial charge < -0.3 is 9.47 Å². The summed E-state index contributed by atoms with van der Waals surface area (Å²) < 4.78 is 9.97. The lowest BCUT2D eigenvalue weighted by molar-refractivity contribution is -0.146. The Labute approximate surface area is 148 Å². The van der Waals surface area contributed by atoms with Gasteiger partial charge in [-0.3, -0.25) is 9.69 Å². The number of ether oxygens (including phenoxy) is 2. The van der Waals surface area contributed by atoms with E-state index in [0.29, 0.717) is 25.3 Å². The quantitative estimate of drug-likeness (QED) is 0.630. The van der Waals surface area contributed by atoms with Crippen molar-refractivity contribution in [3.8, 4) is 0 Å². The highest BCUT2D eigenvalue weighted by Gasteiger charge is 2.32. The van der Waals surface area contributed by atoms with Gasteiger partial charge in [0, 0.05) is 26.1 Å². The van der Waals surface area contributed by atoms with Crippen LogP contribution < -0.4 is 5.43 Å². The molecular formula is C18H25N3O4. The lowest BCUT2D eigenvalue weighted by Gasteiger charge is -2.32. The van der Waals surface area contributed by atoms with Crippen molar-refractivity contribution in [2.24, 2.45) is 11.0 Å². The summed E-state index contributed by atoms with van der Waals surface area (Å²) in [6, 6.07) is 10.1. The number of rotatable bonds is 6. The number of nitrogens with zero attached hydrogens (tertiary/aromatic N) is 2. The van der Waals surface area contributed by atoms with E-state index >= 15 is 0 Å². The van der Waals surface area contributed by atoms with Crippen LogP contribution >= 0.6 is 0 Å². The third-order valence-corrected chi connectivity index (χ3v) is 3.91. The van der Waals surface area contributed by atoms with Crippen molar-refractivity contribution in [3.63, 3.8) is 0 Å². The molecule has 0 radical (unpaired) electrons. The van der Waals surface area contributed by atoms with Crippen LogP contribution in [-0.4, -0.2) is 49.0 Å². The van der Waals surface area contributed by atoms with Crippen LogP contribution in [0.15, 0.2) is 35.4 Å². The van der Waals surface area contributed by atoms with E-state index in [1.54, 1.807) is 13.8 Å². The van der Waals surface area contributed by atoms with Crippen LogP contribution in [0.5, 0.6) is 0 Å². The lowest BCUT2D eigenvalue weighted by atomic mass is 9.95. The monoisotopic (exact) mass is 347 g/mol. The van der Waals surface area contributed by atoms with Gasteiger partial charge in [-0.15, -0.1) is 0 Å². The largest absolute Gasteiger partial charge is 0.465 e. The predicted octanol–water partition coefficient (Wildman–Crippen LogP) is 2.17. The van der Waals surface area contributed by atoms with Crippen molar-refractivity contribution in [2.75, 3.05) is 26.3 Å². The first-order valence-electron chi connectivity index (χ1n) is 8.56. The second-order valence-electron chi connectivity index (χ2n) is 5.71. The molecule has 0 aliphatic carbocycles. The zero-order valence-corrected chi connectivity index (χ0v) is 14.7. The maximum absolute atomic E-state index is 12.3. The molecule has 0 saturated carbocycles. The molecule has 0 spiro atoms. The maximum atomic E-state index is 12.3. The number of benzene rings is 1. The minimum absolute atomic E-state index is 0.267. The SMILES string of the molecule is CCOC(=O)N/N=C1/CCN(Cc2ccccc2)CC1C(=O)OCC. The number of carbonyl (C=O) groups excluding carboxylic acids is 2. The fourth-order valence-corrected chi connectivity index (χ4v) is 2.76. The van der Waals surface area contributed by atoms with E-state index in [1.165, 1.54) is 5.56 Å². The topological polar surface area (TPSA) is 80.2 Å². The van der Waals surface area contributed by atoms with Gasteiger partial charge in [-0.05, 0) is 19.4 Å². The van der Waals surface area contributed by atoms with E-state index in [9.17, 15) is 9.59 Å². The average Bonchev–Trinajstić information content (AvgIpc) is 2.62. The summed E-state index contributed by atoms with van der Waals surface area (Å²) in [7, 11) is 0. The number of hydrogen-bond donors (Lipinski definition) is 1. The van der Waals surface area contributed by atoms with Crippen LogP contribution in [-0.2, 0) is 20.8 Å². The van der Waals surface area contributed by atoms with Crippen LogP contribution in [0.4, 0.5) is 4.79 Å². The minimum Gasteiger partial charge on any atom is -0.465 e. The molecule has 7 nitrogen and oxygen atoms in total. The van der Waals surface area contributed by atoms with Crippen molar-refractivity contribution in [1.82, 2.24) is 10.3 Å². The fourth-order valence-electron chi connectivity index (χ4n) is 2.76. The molecule has 25 heavy (non-hydrogen) atoms. The maximum Gasteiger partial charge on any atom is 0.427 e. The van der Waals surface area contributed by atoms with Gasteiger partial charge in [0.1, 0.15) is 5.92 Å². The second kappa shape index (κ2) is 9.78. The molecule has 2 rings (SSSR count). The summed E-state index contributed by atoms with van der Waals surface area (Å²) in [5, 5.41) is 4.09. The van der Waals surface area contributed by atoms with Crippen LogP contribution in [0.3, 0.4) is 0 Å². The molecule has 1 aliphatic heterocycles. The molecule has 1 amide bonds. The Balaban J connectivity index is 2.04. The molecule has 1 aromatic rings. The zero-order chi connectivity index (χ0) is 18.1. The predicted molar refractivity (Wildman–Crippen MR) is 94.1 cm³/mol. The van der Waals surface area contributed by atoms with E-state index in [-0.39, 0.29) is 12.6 Å². The molecule has 1 unspecified atom stereocenters. The molecule has 1 fully saturated rings. The third-order valence-electron chi connectivity index (χ3n) is 3.91. The van der Waals surface area contributed by atoms with E-state index in [2.05, 4.69) is 27.6 Å². The van der Waals surface area contributed by atoms with Crippen molar-refractivity contribution in [2.45, 2.75) is 26.8 Å². The summed E-state index contributed by atoms with van der Waals surface area (Å²) in [5.74, 6) is -0.802. The molecule has 1 aromatic carbocycles. The van der Waals surface area contributed by atoms with E-state index < -0.39 is 12.0 Å². The first-order valence-corrected chi connectivity index (χ1v) is 8.56. The van der Waals surface area contributed by atoms with Gasteiger partial charge in [-0.25, -0.2) is 10.2 Å². The molecule has 1 atom stereocenters. The van der Waals surface area contributed by atoms with Gasteiger partial charge >= 0.3 is 12.1 Å². The number of esters is 1. The Bertz CT molecular complexity index is 604. The molecule has 0 bridgehead atoms. The number of amides is 1. The minimum atomic E-state index is -0.621. The fraction of sp³-hybridized carbons (Fsp3) is 0.500. The van der Waals surface area contributed by atoms with Gasteiger partial charge in [-0.1, -0.05) is 30.3 Å². The van der Waals surface area contributed by atoms with Crippen molar-refractivity contribution < 1.29 is 19.1 Å². The van der Waals surface area contributed by atoms with Crippen LogP contribution in [0, 0.1) is 5.92 Å². The van der Waals surface area contributed by atoms with Gasteiger partial charge in [0.25, 0.3) is 0 Å². The molecule has 136 valence electrons. The summed E-state index contributed by atoms with van der Waals surface area (Å²) in [5.41, 5.74) is 4.16. The summed E-state index contributed by atoms with van der Waals surface area (Å²) in [6.45, 7) is 6.10. The first-order chi connectivity index (χ1) is 12.1. The molecule has 1 heterocycles. The number of nitrogens with one attached hydrogen (secondary N) is 1. The van der Waals surface area contributed by atoms with E-state index in [4.69, 9.17) is 9.47 Å². The highest BCUT2D eigenvalue weighted by molar-refractivity contribution is 6.03. The van der Waals surface area contributed by atoms with Crippen LogP contribution in [0.25, 0.3) is 0 Å². The van der Waals surface area contributed by atoms with Gasteiger partial charge in [0.05, 0.1) is 18.9 Å². The summed E-state index contributed by atoms with van der Waals surface area (Å²) >= 11 is 0. The summed E-state index contributed by atoms with van der Waals surface area (Å²) in [4.78, 5) is 25.9. The van der Waals surface area contributed by atoms with Crippen molar-refractivity contribution in [1.29, 1.82) is 0 Å². The van der Waals surface area contributed by atoms with Crippen LogP contribution in [0.1, 0.15) is 25.8 Å². The molecule has 1 N–H and O–H groups in total. The third kappa shape index (κ3) is 5.86. The second-order valence-corrected chi connectivity index (χ2v) is 5.71. The highest BCUT2D eigenvalue weighted by atomic mass is 16.6. The Morgan fingerprint density at radius 2 is 1.92 bits per heavy atom. The molecular weight excluding hydrogens is 322 g/mol. The van der Waals surface area contributed by atoms with Gasteiger partial charge in [-0.2, -0.15) is 5.10 Å². The molecule has 7 heteroatoms. The molecule has 1 aliphatic rings. The van der Waals surface area contributed by atoms with Crippen molar-refractivity contribution >= 4 is 17.8 Å². The Kier molecular flexibility index (Phi) is 7.40. The Morgan fingerprint density at radius 3 is 2.60 bits per heavy atom. The highest BCUT2D eigenvalue weighted by Crippen LogP contribution is 2.18. The standard InChI is InChI=1S/C18H25N3O4/c1-3-24-17(22)15-13-21(12-14-8-6-5-7-9-14)11-10-16(15)19-20-18(23)25-4-2/h5-9,15H,3-4,10-13H2,1-2H3,(H,20,23)/b19-16-. The lowest BCUT2D eigenvalue weighted by Crippen LogP contribution is -2.45. The first kappa shape index (κ1) is 18.9. The van der Waals surface area contributed by atoms with Crippen LogP contribution in [0.2, 0.25) is 0 Å². The number of piperidine rings is 1. The van der Waals surface area contributed by atoms with E-state index in [0.717, 1.165) is 13.1 Å². The number of carbonyl (C=O) groups is 2. The van der Waals surface area contributed by atoms with E-state index in [1.807, 2.05) is 18.2 Å². The molecule has 0 aromatic heterocycles. The number of hydrogen-bond acceptors (Lipinski definition) is 6. The molecule has 1 saturated heterocycles. The van der Waals surface area contributed by atoms with Gasteiger partial charge in [0.2, 0.25) is 0 Å². The zero-order valence-electron chi connectivity index (χ0n) is 14.7. The van der Waals surface area contributed by atoms with Gasteiger partial charge in [0.15, 0.2) is 0 Å². The average molecular weight is 347 g/mol. The Morgan fingerprint density at radius 1 is 1.20 bits per heavy atom. The number of likely N-dealkylation sites (tertiary alicyclic amines) is 1.